The van der Waals surface area contributed by atoms with Crippen LogP contribution in [0.25, 0.3) is 0 Å². The number of hydrazone groups is 1. The fraction of sp³-hybridized carbons (Fsp3) is 0.174. The van der Waals surface area contributed by atoms with Crippen LogP contribution in [0.3, 0.4) is 0 Å². The molecule has 0 bridgehead atoms. The molecule has 5 heteroatoms. The number of anilines is 1. The van der Waals surface area contributed by atoms with E-state index in [4.69, 9.17) is 0 Å². The molecule has 28 heavy (non-hydrogen) atoms. The molecule has 1 amide bonds. The van der Waals surface area contributed by atoms with Crippen LogP contribution in [-0.4, -0.2) is 16.6 Å². The lowest BCUT2D eigenvalue weighted by molar-refractivity contribution is -0.115. The average molecular weight is 370 g/mol. The molecule has 1 aromatic heterocycles. The molecular formula is C23H22N4O. The minimum atomic E-state index is -0.183. The first-order valence-corrected chi connectivity index (χ1v) is 9.41. The number of nitrogens with one attached hydrogen (secondary N) is 1. The zero-order valence-electron chi connectivity index (χ0n) is 15.7. The molecule has 140 valence electrons. The summed E-state index contributed by atoms with van der Waals surface area (Å²) in [6, 6.07) is 25.6. The van der Waals surface area contributed by atoms with Gasteiger partial charge < -0.3 is 5.32 Å². The van der Waals surface area contributed by atoms with Crippen LogP contribution in [0.2, 0.25) is 0 Å². The lowest BCUT2D eigenvalue weighted by atomic mass is 10.0. The number of benzene rings is 2. The van der Waals surface area contributed by atoms with Gasteiger partial charge in [-0.25, -0.2) is 0 Å². The number of pyridine rings is 1. The molecule has 3 aromatic rings. The van der Waals surface area contributed by atoms with Crippen LogP contribution in [0, 0.1) is 0 Å². The molecule has 1 aliphatic rings. The van der Waals surface area contributed by atoms with E-state index in [0.717, 1.165) is 16.9 Å². The van der Waals surface area contributed by atoms with Crippen molar-refractivity contribution in [2.45, 2.75) is 25.4 Å². The Morgan fingerprint density at radius 3 is 2.36 bits per heavy atom. The average Bonchev–Trinajstić information content (AvgIpc) is 3.21. The van der Waals surface area contributed by atoms with Crippen molar-refractivity contribution < 1.29 is 4.79 Å². The topological polar surface area (TPSA) is 57.6 Å². The molecule has 5 nitrogen and oxygen atoms in total. The van der Waals surface area contributed by atoms with Crippen molar-refractivity contribution in [3.63, 3.8) is 0 Å². The van der Waals surface area contributed by atoms with Crippen molar-refractivity contribution in [2.24, 2.45) is 5.10 Å². The second kappa shape index (κ2) is 8.05. The molecule has 0 aliphatic carbocycles. The first-order valence-electron chi connectivity index (χ1n) is 9.41. The summed E-state index contributed by atoms with van der Waals surface area (Å²) in [5.74, 6) is -0.155. The molecule has 0 fully saturated rings. The molecule has 0 unspecified atom stereocenters. The normalized spacial score (nSPS) is 17.1. The summed E-state index contributed by atoms with van der Waals surface area (Å²) in [6.45, 7) is 1.93. The standard InChI is InChI=1S/C23H22N4O/c1-17(20-14-8-9-15-24-20)25-23(28)21-16-22(18-10-4-2-5-11-18)27(26-21)19-12-6-3-7-13-19/h2-15,17,22H,16H2,1H3,(H,25,28)/t17-,22+/m1/s1. The smallest absolute Gasteiger partial charge is 0.268 e. The molecule has 2 atom stereocenters. The van der Waals surface area contributed by atoms with Crippen LogP contribution in [0.5, 0.6) is 0 Å². The quantitative estimate of drug-likeness (QED) is 0.730. The van der Waals surface area contributed by atoms with Gasteiger partial charge in [-0.1, -0.05) is 54.6 Å². The molecule has 2 heterocycles. The summed E-state index contributed by atoms with van der Waals surface area (Å²) < 4.78 is 0. The van der Waals surface area contributed by atoms with Crippen molar-refractivity contribution in [1.82, 2.24) is 10.3 Å². The zero-order valence-corrected chi connectivity index (χ0v) is 15.7. The van der Waals surface area contributed by atoms with Crippen molar-refractivity contribution >= 4 is 17.3 Å². The van der Waals surface area contributed by atoms with Gasteiger partial charge in [-0.05, 0) is 36.8 Å². The summed E-state index contributed by atoms with van der Waals surface area (Å²) in [7, 11) is 0. The van der Waals surface area contributed by atoms with Crippen molar-refractivity contribution in [3.8, 4) is 0 Å². The number of amides is 1. The highest BCUT2D eigenvalue weighted by Gasteiger charge is 2.32. The molecule has 0 saturated carbocycles. The number of rotatable bonds is 5. The highest BCUT2D eigenvalue weighted by atomic mass is 16.2. The van der Waals surface area contributed by atoms with E-state index in [0.29, 0.717) is 12.1 Å². The monoisotopic (exact) mass is 370 g/mol. The van der Waals surface area contributed by atoms with Gasteiger partial charge in [-0.15, -0.1) is 0 Å². The van der Waals surface area contributed by atoms with Gasteiger partial charge in [0.2, 0.25) is 0 Å². The Hall–Kier alpha value is -3.47. The summed E-state index contributed by atoms with van der Waals surface area (Å²) in [6.07, 6.45) is 2.29. The Morgan fingerprint density at radius 2 is 1.68 bits per heavy atom. The number of hydrogen-bond acceptors (Lipinski definition) is 4. The number of aromatic nitrogens is 1. The molecular weight excluding hydrogens is 348 g/mol. The maximum atomic E-state index is 12.9. The van der Waals surface area contributed by atoms with Gasteiger partial charge in [0.25, 0.3) is 5.91 Å². The highest BCUT2D eigenvalue weighted by Crippen LogP contribution is 2.35. The zero-order chi connectivity index (χ0) is 19.3. The summed E-state index contributed by atoms with van der Waals surface area (Å²) in [4.78, 5) is 17.2. The third-order valence-electron chi connectivity index (χ3n) is 4.86. The minimum Gasteiger partial charge on any atom is -0.343 e. The Balaban J connectivity index is 1.58. The number of carbonyl (C=O) groups is 1. The first kappa shape index (κ1) is 17.9. The van der Waals surface area contributed by atoms with E-state index in [2.05, 4.69) is 27.5 Å². The van der Waals surface area contributed by atoms with Gasteiger partial charge in [-0.3, -0.25) is 14.8 Å². The van der Waals surface area contributed by atoms with Gasteiger partial charge in [-0.2, -0.15) is 5.10 Å². The SMILES string of the molecule is C[C@@H](NC(=O)C1=NN(c2ccccc2)[C@H](c2ccccc2)C1)c1ccccn1. The predicted octanol–water partition coefficient (Wildman–Crippen LogP) is 4.27. The van der Waals surface area contributed by atoms with E-state index in [1.165, 1.54) is 0 Å². The van der Waals surface area contributed by atoms with Crippen molar-refractivity contribution in [2.75, 3.05) is 5.01 Å². The second-order valence-electron chi connectivity index (χ2n) is 6.81. The maximum absolute atomic E-state index is 12.9. The third kappa shape index (κ3) is 3.78. The lowest BCUT2D eigenvalue weighted by Gasteiger charge is -2.23. The van der Waals surface area contributed by atoms with Gasteiger partial charge >= 0.3 is 0 Å². The summed E-state index contributed by atoms with van der Waals surface area (Å²) >= 11 is 0. The molecule has 4 rings (SSSR count). The summed E-state index contributed by atoms with van der Waals surface area (Å²) in [5.41, 5.74) is 3.46. The number of para-hydroxylation sites is 1. The number of carbonyl (C=O) groups excluding carboxylic acids is 1. The minimum absolute atomic E-state index is 0.00509. The highest BCUT2D eigenvalue weighted by molar-refractivity contribution is 6.39. The fourth-order valence-corrected chi connectivity index (χ4v) is 3.39. The fourth-order valence-electron chi connectivity index (χ4n) is 3.39. The summed E-state index contributed by atoms with van der Waals surface area (Å²) in [5, 5.41) is 9.64. The van der Waals surface area contributed by atoms with Gasteiger partial charge in [0, 0.05) is 12.6 Å². The maximum Gasteiger partial charge on any atom is 0.268 e. The van der Waals surface area contributed by atoms with E-state index < -0.39 is 0 Å². The predicted molar refractivity (Wildman–Crippen MR) is 111 cm³/mol. The lowest BCUT2D eigenvalue weighted by Crippen LogP contribution is -2.33. The van der Waals surface area contributed by atoms with Crippen LogP contribution in [0.4, 0.5) is 5.69 Å². The van der Waals surface area contributed by atoms with Crippen molar-refractivity contribution in [3.05, 3.63) is 96.3 Å². The molecule has 1 aliphatic heterocycles. The van der Waals surface area contributed by atoms with Gasteiger partial charge in [0.1, 0.15) is 5.71 Å². The van der Waals surface area contributed by atoms with E-state index in [-0.39, 0.29) is 18.0 Å². The van der Waals surface area contributed by atoms with E-state index in [1.807, 2.05) is 78.7 Å². The Kier molecular flexibility index (Phi) is 5.15. The van der Waals surface area contributed by atoms with Gasteiger partial charge in [0.15, 0.2) is 0 Å². The molecule has 0 radical (unpaired) electrons. The number of nitrogens with zero attached hydrogens (tertiary/aromatic N) is 3. The Bertz CT molecular complexity index is 958. The Labute approximate surface area is 164 Å². The number of hydrogen-bond donors (Lipinski definition) is 1. The van der Waals surface area contributed by atoms with Gasteiger partial charge in [0.05, 0.1) is 23.5 Å². The Morgan fingerprint density at radius 1 is 1.00 bits per heavy atom. The third-order valence-corrected chi connectivity index (χ3v) is 4.86. The second-order valence-corrected chi connectivity index (χ2v) is 6.81. The van der Waals surface area contributed by atoms with E-state index >= 15 is 0 Å². The molecule has 1 N–H and O–H groups in total. The van der Waals surface area contributed by atoms with Crippen molar-refractivity contribution in [1.29, 1.82) is 0 Å². The van der Waals surface area contributed by atoms with Crippen LogP contribution in [0.15, 0.2) is 90.2 Å². The largest absolute Gasteiger partial charge is 0.343 e. The van der Waals surface area contributed by atoms with Crippen LogP contribution < -0.4 is 10.3 Å². The molecule has 0 spiro atoms. The van der Waals surface area contributed by atoms with Crippen LogP contribution >= 0.6 is 0 Å². The molecule has 2 aromatic carbocycles. The van der Waals surface area contributed by atoms with E-state index in [9.17, 15) is 4.79 Å². The van der Waals surface area contributed by atoms with Crippen LogP contribution in [-0.2, 0) is 4.79 Å². The molecule has 0 saturated heterocycles. The van der Waals surface area contributed by atoms with E-state index in [1.54, 1.807) is 6.20 Å². The van der Waals surface area contributed by atoms with Crippen LogP contribution in [0.1, 0.15) is 36.7 Å². The first-order chi connectivity index (χ1) is 13.7.